The van der Waals surface area contributed by atoms with Crippen LogP contribution in [0.3, 0.4) is 0 Å². The summed E-state index contributed by atoms with van der Waals surface area (Å²) < 4.78 is 29.4. The first-order valence-electron chi connectivity index (χ1n) is 8.31. The number of imidazole rings is 1. The van der Waals surface area contributed by atoms with E-state index in [4.69, 9.17) is 0 Å². The summed E-state index contributed by atoms with van der Waals surface area (Å²) in [6, 6.07) is 2.10. The molecule has 0 bridgehead atoms. The zero-order chi connectivity index (χ0) is 17.6. The number of hydrogen-bond donors (Lipinski definition) is 0. The van der Waals surface area contributed by atoms with Crippen molar-refractivity contribution in [1.29, 1.82) is 0 Å². The number of hydrogen-bond acceptors (Lipinski definition) is 5. The predicted octanol–water partition coefficient (Wildman–Crippen LogP) is 2.98. The average molecular weight is 377 g/mol. The van der Waals surface area contributed by atoms with Gasteiger partial charge in [0.05, 0.1) is 11.2 Å². The maximum Gasteiger partial charge on any atom is 0.254 e. The Hall–Kier alpha value is -1.77. The van der Waals surface area contributed by atoms with E-state index in [0.29, 0.717) is 23.2 Å². The first-order chi connectivity index (χ1) is 11.9. The minimum absolute atomic E-state index is 0.347. The van der Waals surface area contributed by atoms with Gasteiger partial charge in [0.1, 0.15) is 5.65 Å². The third-order valence-corrected chi connectivity index (χ3v) is 8.11. The molecule has 1 fully saturated rings. The van der Waals surface area contributed by atoms with Crippen molar-refractivity contribution in [2.75, 3.05) is 13.1 Å². The van der Waals surface area contributed by atoms with Crippen molar-refractivity contribution in [1.82, 2.24) is 18.7 Å². The van der Waals surface area contributed by atoms with E-state index in [1.807, 2.05) is 17.5 Å². The summed E-state index contributed by atoms with van der Waals surface area (Å²) in [5.41, 5.74) is 3.45. The normalized spacial score (nSPS) is 17.4. The van der Waals surface area contributed by atoms with Gasteiger partial charge in [-0.2, -0.15) is 4.31 Å². The first-order valence-corrected chi connectivity index (χ1v) is 10.6. The number of aryl methyl sites for hydroxylation is 2. The lowest BCUT2D eigenvalue weighted by Gasteiger charge is -2.31. The molecule has 4 heterocycles. The van der Waals surface area contributed by atoms with E-state index in [1.165, 1.54) is 28.7 Å². The summed E-state index contributed by atoms with van der Waals surface area (Å²) in [5, 5.41) is 0.776. The van der Waals surface area contributed by atoms with Gasteiger partial charge in [-0.3, -0.25) is 0 Å². The fraction of sp³-hybridized carbons (Fsp3) is 0.412. The standard InChI is InChI=1S/C17H20N4O2S2/c1-12-9-16-18-5-8-20(16)11-15(12)14-3-6-21(7-4-14)25(22,23)17-10-19-13(2)24-17/h5,8-11,14H,3-4,6-7H2,1-2H3. The van der Waals surface area contributed by atoms with Gasteiger partial charge in [0.25, 0.3) is 10.0 Å². The third kappa shape index (κ3) is 2.98. The van der Waals surface area contributed by atoms with Gasteiger partial charge >= 0.3 is 0 Å². The van der Waals surface area contributed by atoms with Gasteiger partial charge in [0.15, 0.2) is 4.21 Å². The van der Waals surface area contributed by atoms with Gasteiger partial charge in [-0.15, -0.1) is 11.3 Å². The van der Waals surface area contributed by atoms with Crippen LogP contribution in [-0.2, 0) is 10.0 Å². The highest BCUT2D eigenvalue weighted by Crippen LogP contribution is 2.33. The van der Waals surface area contributed by atoms with E-state index in [-0.39, 0.29) is 0 Å². The molecule has 132 valence electrons. The lowest BCUT2D eigenvalue weighted by atomic mass is 9.89. The minimum atomic E-state index is -3.41. The second-order valence-electron chi connectivity index (χ2n) is 6.48. The smallest absolute Gasteiger partial charge is 0.254 e. The van der Waals surface area contributed by atoms with E-state index in [9.17, 15) is 8.42 Å². The molecule has 0 amide bonds. The van der Waals surface area contributed by atoms with Crippen LogP contribution in [0.5, 0.6) is 0 Å². The Bertz CT molecular complexity index is 1010. The second-order valence-corrected chi connectivity index (χ2v) is 9.88. The number of pyridine rings is 1. The molecular formula is C17H20N4O2S2. The molecular weight excluding hydrogens is 356 g/mol. The quantitative estimate of drug-likeness (QED) is 0.705. The maximum atomic E-state index is 12.7. The summed E-state index contributed by atoms with van der Waals surface area (Å²) in [6.45, 7) is 5.02. The SMILES string of the molecule is Cc1ncc(S(=O)(=O)N2CCC(c3cn4ccnc4cc3C)CC2)s1. The molecule has 3 aromatic heterocycles. The van der Waals surface area contributed by atoms with Crippen molar-refractivity contribution in [2.24, 2.45) is 0 Å². The summed E-state index contributed by atoms with van der Waals surface area (Å²) in [6.07, 6.45) is 9.02. The topological polar surface area (TPSA) is 67.6 Å². The van der Waals surface area contributed by atoms with Gasteiger partial charge in [-0.25, -0.2) is 18.4 Å². The van der Waals surface area contributed by atoms with Crippen LogP contribution >= 0.6 is 11.3 Å². The molecule has 0 atom stereocenters. The lowest BCUT2D eigenvalue weighted by molar-refractivity contribution is 0.319. The molecule has 1 aliphatic rings. The molecule has 8 heteroatoms. The van der Waals surface area contributed by atoms with Crippen LogP contribution in [0.4, 0.5) is 0 Å². The van der Waals surface area contributed by atoms with E-state index in [1.54, 1.807) is 10.5 Å². The van der Waals surface area contributed by atoms with E-state index in [2.05, 4.69) is 29.2 Å². The van der Waals surface area contributed by atoms with E-state index in [0.717, 1.165) is 23.5 Å². The molecule has 0 saturated carbocycles. The maximum absolute atomic E-state index is 12.7. The molecule has 0 aromatic carbocycles. The number of fused-ring (bicyclic) bond motifs is 1. The average Bonchev–Trinajstić information content (AvgIpc) is 3.23. The monoisotopic (exact) mass is 376 g/mol. The highest BCUT2D eigenvalue weighted by molar-refractivity contribution is 7.91. The number of aromatic nitrogens is 3. The van der Waals surface area contributed by atoms with E-state index < -0.39 is 10.0 Å². The van der Waals surface area contributed by atoms with Gasteiger partial charge in [-0.1, -0.05) is 0 Å². The van der Waals surface area contributed by atoms with Crippen LogP contribution in [0.15, 0.2) is 35.1 Å². The summed E-state index contributed by atoms with van der Waals surface area (Å²) in [4.78, 5) is 8.40. The minimum Gasteiger partial charge on any atom is -0.307 e. The van der Waals surface area contributed by atoms with Crippen molar-refractivity contribution in [3.63, 3.8) is 0 Å². The molecule has 0 aliphatic carbocycles. The summed E-state index contributed by atoms with van der Waals surface area (Å²) >= 11 is 1.24. The molecule has 4 rings (SSSR count). The zero-order valence-corrected chi connectivity index (χ0v) is 15.8. The summed E-state index contributed by atoms with van der Waals surface area (Å²) in [7, 11) is -3.41. The fourth-order valence-electron chi connectivity index (χ4n) is 3.50. The summed E-state index contributed by atoms with van der Waals surface area (Å²) in [5.74, 6) is 0.376. The second kappa shape index (κ2) is 6.19. The van der Waals surface area contributed by atoms with Crippen LogP contribution in [0.25, 0.3) is 5.65 Å². The number of thiazole rings is 1. The molecule has 25 heavy (non-hydrogen) atoms. The van der Waals surface area contributed by atoms with Gasteiger partial charge in [0.2, 0.25) is 0 Å². The van der Waals surface area contributed by atoms with Crippen LogP contribution in [0, 0.1) is 13.8 Å². The predicted molar refractivity (Wildman–Crippen MR) is 97.5 cm³/mol. The van der Waals surface area contributed by atoms with Gasteiger partial charge in [0, 0.05) is 31.7 Å². The van der Waals surface area contributed by atoms with Crippen LogP contribution in [0.2, 0.25) is 0 Å². The number of nitrogens with zero attached hydrogens (tertiary/aromatic N) is 4. The Morgan fingerprint density at radius 3 is 2.64 bits per heavy atom. The lowest BCUT2D eigenvalue weighted by Crippen LogP contribution is -2.37. The van der Waals surface area contributed by atoms with Crippen molar-refractivity contribution in [2.45, 2.75) is 36.8 Å². The molecule has 1 aliphatic heterocycles. The molecule has 6 nitrogen and oxygen atoms in total. The van der Waals surface area contributed by atoms with Crippen molar-refractivity contribution in [3.05, 3.63) is 47.0 Å². The van der Waals surface area contributed by atoms with Gasteiger partial charge in [-0.05, 0) is 49.8 Å². The van der Waals surface area contributed by atoms with Crippen LogP contribution in [-0.4, -0.2) is 40.2 Å². The molecule has 1 saturated heterocycles. The van der Waals surface area contributed by atoms with Crippen molar-refractivity contribution < 1.29 is 8.42 Å². The van der Waals surface area contributed by atoms with E-state index >= 15 is 0 Å². The molecule has 3 aromatic rings. The number of sulfonamides is 1. The van der Waals surface area contributed by atoms with Crippen molar-refractivity contribution in [3.8, 4) is 0 Å². The Labute approximate surface area is 151 Å². The number of piperidine rings is 1. The Morgan fingerprint density at radius 1 is 1.20 bits per heavy atom. The largest absolute Gasteiger partial charge is 0.307 e. The molecule has 0 spiro atoms. The number of rotatable bonds is 3. The molecule has 0 unspecified atom stereocenters. The van der Waals surface area contributed by atoms with Crippen LogP contribution in [0.1, 0.15) is 34.9 Å². The molecule has 0 radical (unpaired) electrons. The Kier molecular flexibility index (Phi) is 4.13. The highest BCUT2D eigenvalue weighted by atomic mass is 32.2. The highest BCUT2D eigenvalue weighted by Gasteiger charge is 2.31. The van der Waals surface area contributed by atoms with Crippen molar-refractivity contribution >= 4 is 27.0 Å². The van der Waals surface area contributed by atoms with Gasteiger partial charge < -0.3 is 4.40 Å². The Morgan fingerprint density at radius 2 is 1.96 bits per heavy atom. The fourth-order valence-corrected chi connectivity index (χ4v) is 6.23. The Balaban J connectivity index is 1.53. The first kappa shape index (κ1) is 16.7. The molecule has 0 N–H and O–H groups in total. The third-order valence-electron chi connectivity index (χ3n) is 4.87. The van der Waals surface area contributed by atoms with Crippen LogP contribution < -0.4 is 0 Å². The zero-order valence-electron chi connectivity index (χ0n) is 14.2.